The van der Waals surface area contributed by atoms with E-state index in [0.29, 0.717) is 5.69 Å². The van der Waals surface area contributed by atoms with Crippen LogP contribution in [0.4, 0.5) is 0 Å². The average Bonchev–Trinajstić information content (AvgIpc) is 2.03. The van der Waals surface area contributed by atoms with Crippen molar-refractivity contribution in [3.63, 3.8) is 0 Å². The minimum atomic E-state index is -0.395. The summed E-state index contributed by atoms with van der Waals surface area (Å²) >= 11 is 0. The molecule has 0 saturated heterocycles. The van der Waals surface area contributed by atoms with Crippen molar-refractivity contribution in [3.05, 3.63) is 23.9 Å². The first kappa shape index (κ1) is 7.79. The molecule has 0 unspecified atom stereocenters. The number of methoxy groups -OCH3 is 1. The molecule has 0 spiro atoms. The topological polar surface area (TPSA) is 39.2 Å². The minimum absolute atomic E-state index is 0.354. The number of aromatic nitrogens is 1. The highest BCUT2D eigenvalue weighted by atomic mass is 16.5. The fourth-order valence-electron chi connectivity index (χ4n) is 0.761. The number of nitrogens with zero attached hydrogens (tertiary/aromatic N) is 1. The summed E-state index contributed by atoms with van der Waals surface area (Å²) in [6, 6.07) is 5.22. The Bertz CT molecular complexity index is 275. The molecule has 1 aromatic rings. The van der Waals surface area contributed by atoms with Crippen LogP contribution < -0.4 is 5.59 Å². The van der Waals surface area contributed by atoms with Crippen molar-refractivity contribution >= 4 is 19.4 Å². The molecule has 4 heteroatoms. The van der Waals surface area contributed by atoms with Crippen molar-refractivity contribution in [2.75, 3.05) is 7.11 Å². The fraction of sp³-hybridized carbons (Fsp3) is 0.143. The monoisotopic (exact) mass is 149 g/mol. The number of esters is 1. The van der Waals surface area contributed by atoms with E-state index in [1.54, 1.807) is 12.1 Å². The molecule has 1 aromatic heterocycles. The highest BCUT2D eigenvalue weighted by Gasteiger charge is 2.04. The summed E-state index contributed by atoms with van der Waals surface area (Å²) in [7, 11) is 3.17. The molecule has 0 amide bonds. The van der Waals surface area contributed by atoms with Crippen molar-refractivity contribution in [1.29, 1.82) is 0 Å². The summed E-state index contributed by atoms with van der Waals surface area (Å²) in [6.07, 6.45) is 0. The van der Waals surface area contributed by atoms with Crippen LogP contribution in [0.15, 0.2) is 18.2 Å². The Hall–Kier alpha value is -1.32. The van der Waals surface area contributed by atoms with E-state index in [4.69, 9.17) is 0 Å². The van der Waals surface area contributed by atoms with Gasteiger partial charge in [0, 0.05) is 0 Å². The number of rotatable bonds is 1. The van der Waals surface area contributed by atoms with Crippen molar-refractivity contribution < 1.29 is 9.53 Å². The number of pyridine rings is 1. The van der Waals surface area contributed by atoms with E-state index in [1.807, 2.05) is 13.9 Å². The van der Waals surface area contributed by atoms with Gasteiger partial charge in [0.1, 0.15) is 5.69 Å². The molecule has 1 heterocycles. The van der Waals surface area contributed by atoms with Gasteiger partial charge < -0.3 is 4.74 Å². The number of ether oxygens (including phenoxy) is 1. The minimum Gasteiger partial charge on any atom is -0.464 e. The highest BCUT2D eigenvalue weighted by Crippen LogP contribution is 1.92. The predicted molar refractivity (Wildman–Crippen MR) is 43.8 cm³/mol. The molecule has 0 aromatic carbocycles. The van der Waals surface area contributed by atoms with Gasteiger partial charge in [-0.3, -0.25) is 4.98 Å². The third-order valence-electron chi connectivity index (χ3n) is 1.28. The Kier molecular flexibility index (Phi) is 2.26. The van der Waals surface area contributed by atoms with Gasteiger partial charge in [-0.15, -0.1) is 0 Å². The molecule has 0 bridgehead atoms. The first-order valence-corrected chi connectivity index (χ1v) is 3.26. The molecule has 0 N–H and O–H groups in total. The zero-order valence-corrected chi connectivity index (χ0v) is 6.50. The quantitative estimate of drug-likeness (QED) is 0.384. The predicted octanol–water partition coefficient (Wildman–Crippen LogP) is -0.873. The number of carbonyl (C=O) groups excluding carboxylic acids is 1. The summed E-state index contributed by atoms with van der Waals surface area (Å²) in [5.74, 6) is -0.395. The zero-order valence-electron chi connectivity index (χ0n) is 6.50. The van der Waals surface area contributed by atoms with Gasteiger partial charge in [-0.2, -0.15) is 0 Å². The van der Waals surface area contributed by atoms with Crippen LogP contribution >= 0.6 is 0 Å². The lowest BCUT2D eigenvalue weighted by Crippen LogP contribution is -2.13. The van der Waals surface area contributed by atoms with Crippen LogP contribution in [0.1, 0.15) is 10.5 Å². The van der Waals surface area contributed by atoms with Crippen LogP contribution in [0.2, 0.25) is 0 Å². The molecule has 56 valence electrons. The summed E-state index contributed by atoms with van der Waals surface area (Å²) in [6.45, 7) is 0. The van der Waals surface area contributed by atoms with Gasteiger partial charge in [0.2, 0.25) is 0 Å². The van der Waals surface area contributed by atoms with Crippen molar-refractivity contribution in [2.45, 2.75) is 0 Å². The van der Waals surface area contributed by atoms with E-state index >= 15 is 0 Å². The Labute approximate surface area is 65.8 Å². The van der Waals surface area contributed by atoms with E-state index in [0.717, 1.165) is 5.59 Å². The molecule has 0 atom stereocenters. The Balaban J connectivity index is 2.96. The van der Waals surface area contributed by atoms with Gasteiger partial charge >= 0.3 is 5.97 Å². The third-order valence-corrected chi connectivity index (χ3v) is 1.28. The summed E-state index contributed by atoms with van der Waals surface area (Å²) < 4.78 is 4.49. The lowest BCUT2D eigenvalue weighted by molar-refractivity contribution is 0.0594. The molecule has 1 rings (SSSR count). The van der Waals surface area contributed by atoms with Crippen molar-refractivity contribution in [1.82, 2.24) is 4.98 Å². The Morgan fingerprint density at radius 3 is 2.91 bits per heavy atom. The number of hydrogen-bond acceptors (Lipinski definition) is 3. The van der Waals surface area contributed by atoms with Gasteiger partial charge in [0.25, 0.3) is 0 Å². The largest absolute Gasteiger partial charge is 0.464 e. The van der Waals surface area contributed by atoms with Gasteiger partial charge in [-0.25, -0.2) is 4.79 Å². The maximum absolute atomic E-state index is 10.9. The lowest BCUT2D eigenvalue weighted by atomic mass is 10.0. The van der Waals surface area contributed by atoms with Gasteiger partial charge in [-0.05, 0) is 11.7 Å². The standard InChI is InChI=1S/C7H8BNO2/c1-11-7(10)5-3-2-4-6(8)9-5/h2-4H,8H2,1H3. The second kappa shape index (κ2) is 3.19. The van der Waals surface area contributed by atoms with Crippen LogP contribution in [-0.4, -0.2) is 25.9 Å². The van der Waals surface area contributed by atoms with Crippen molar-refractivity contribution in [3.8, 4) is 0 Å². The number of hydrogen-bond donors (Lipinski definition) is 0. The van der Waals surface area contributed by atoms with E-state index in [-0.39, 0.29) is 0 Å². The van der Waals surface area contributed by atoms with Crippen LogP contribution in [-0.2, 0) is 4.74 Å². The summed E-state index contributed by atoms with van der Waals surface area (Å²) in [5.41, 5.74) is 1.17. The lowest BCUT2D eigenvalue weighted by Gasteiger charge is -1.97. The molecule has 0 aliphatic carbocycles. The van der Waals surface area contributed by atoms with Gasteiger partial charge in [0.05, 0.1) is 7.11 Å². The molecule has 11 heavy (non-hydrogen) atoms. The summed E-state index contributed by atoms with van der Waals surface area (Å²) in [5, 5.41) is 0. The van der Waals surface area contributed by atoms with E-state index in [2.05, 4.69) is 9.72 Å². The second-order valence-corrected chi connectivity index (χ2v) is 2.16. The maximum atomic E-state index is 10.9. The smallest absolute Gasteiger partial charge is 0.356 e. The molecule has 0 aliphatic rings. The first-order valence-electron chi connectivity index (χ1n) is 3.26. The average molecular weight is 149 g/mol. The Morgan fingerprint density at radius 2 is 2.36 bits per heavy atom. The van der Waals surface area contributed by atoms with Gasteiger partial charge in [0.15, 0.2) is 7.85 Å². The molecular formula is C7H8BNO2. The Morgan fingerprint density at radius 1 is 1.64 bits per heavy atom. The molecule has 0 fully saturated rings. The van der Waals surface area contributed by atoms with Gasteiger partial charge in [-0.1, -0.05) is 12.1 Å². The van der Waals surface area contributed by atoms with Crippen LogP contribution in [0.25, 0.3) is 0 Å². The van der Waals surface area contributed by atoms with Crippen LogP contribution in [0.3, 0.4) is 0 Å². The SMILES string of the molecule is Bc1cccc(C(=O)OC)n1. The molecule has 0 aliphatic heterocycles. The zero-order chi connectivity index (χ0) is 8.27. The molecule has 0 radical (unpaired) electrons. The normalized spacial score (nSPS) is 9.18. The molecular weight excluding hydrogens is 141 g/mol. The maximum Gasteiger partial charge on any atom is 0.356 e. The molecule has 3 nitrogen and oxygen atoms in total. The fourth-order valence-corrected chi connectivity index (χ4v) is 0.761. The highest BCUT2D eigenvalue weighted by molar-refractivity contribution is 6.30. The summed E-state index contributed by atoms with van der Waals surface area (Å²) in [4.78, 5) is 14.9. The van der Waals surface area contributed by atoms with E-state index in [1.165, 1.54) is 7.11 Å². The number of carbonyl (C=O) groups is 1. The third kappa shape index (κ3) is 1.80. The second-order valence-electron chi connectivity index (χ2n) is 2.16. The van der Waals surface area contributed by atoms with Crippen LogP contribution in [0, 0.1) is 0 Å². The van der Waals surface area contributed by atoms with Crippen molar-refractivity contribution in [2.24, 2.45) is 0 Å². The first-order chi connectivity index (χ1) is 5.24. The molecule has 0 saturated carbocycles. The van der Waals surface area contributed by atoms with Crippen LogP contribution in [0.5, 0.6) is 0 Å². The van der Waals surface area contributed by atoms with E-state index < -0.39 is 5.97 Å². The van der Waals surface area contributed by atoms with E-state index in [9.17, 15) is 4.79 Å².